The van der Waals surface area contributed by atoms with Crippen molar-refractivity contribution in [3.05, 3.63) is 47.2 Å². The molecule has 1 atom stereocenters. The van der Waals surface area contributed by atoms with Crippen LogP contribution in [0.15, 0.2) is 46.6 Å². The summed E-state index contributed by atoms with van der Waals surface area (Å²) in [7, 11) is 0. The first-order chi connectivity index (χ1) is 15.2. The first kappa shape index (κ1) is 26.2. The minimum Gasteiger partial charge on any atom is -0.498 e. The average molecular weight is 473 g/mol. The highest BCUT2D eigenvalue weighted by Gasteiger charge is 2.34. The molecule has 0 aromatic heterocycles. The van der Waals surface area contributed by atoms with Crippen LogP contribution in [-0.4, -0.2) is 36.2 Å². The number of rotatable bonds is 13. The smallest absolute Gasteiger partial charge is 0.412 e. The van der Waals surface area contributed by atoms with Crippen LogP contribution in [0.25, 0.3) is 0 Å². The SMILES string of the molecule is CCCCCC(COC1=CC=C(C(F)(F)F)CC1)CSc1ccc(OCC(=O)O)c(C)c1. The van der Waals surface area contributed by atoms with Gasteiger partial charge in [-0.15, -0.1) is 11.8 Å². The first-order valence-electron chi connectivity index (χ1n) is 10.9. The number of halogens is 3. The molecule has 0 aliphatic heterocycles. The molecule has 0 fully saturated rings. The van der Waals surface area contributed by atoms with Gasteiger partial charge in [0.25, 0.3) is 0 Å². The third kappa shape index (κ3) is 9.18. The second-order valence-corrected chi connectivity index (χ2v) is 9.01. The van der Waals surface area contributed by atoms with E-state index >= 15 is 0 Å². The average Bonchev–Trinajstić information content (AvgIpc) is 2.74. The van der Waals surface area contributed by atoms with E-state index in [4.69, 9.17) is 14.6 Å². The van der Waals surface area contributed by atoms with Crippen molar-refractivity contribution in [2.24, 2.45) is 5.92 Å². The van der Waals surface area contributed by atoms with Gasteiger partial charge in [0, 0.05) is 28.6 Å². The van der Waals surface area contributed by atoms with Gasteiger partial charge in [0.05, 0.1) is 12.4 Å². The number of benzene rings is 1. The Morgan fingerprint density at radius 3 is 2.56 bits per heavy atom. The highest BCUT2D eigenvalue weighted by Crippen LogP contribution is 2.34. The zero-order valence-electron chi connectivity index (χ0n) is 18.5. The molecule has 32 heavy (non-hydrogen) atoms. The summed E-state index contributed by atoms with van der Waals surface area (Å²) < 4.78 is 49.5. The minimum absolute atomic E-state index is 0.0415. The number of carboxylic acid groups (broad SMARTS) is 1. The maximum absolute atomic E-state index is 12.8. The normalized spacial score (nSPS) is 15.0. The Labute approximate surface area is 191 Å². The molecule has 1 unspecified atom stereocenters. The number of thioether (sulfide) groups is 1. The molecule has 0 saturated heterocycles. The lowest BCUT2D eigenvalue weighted by Crippen LogP contribution is -2.16. The number of carboxylic acids is 1. The fourth-order valence-corrected chi connectivity index (χ4v) is 4.44. The van der Waals surface area contributed by atoms with Crippen molar-refractivity contribution in [2.45, 2.75) is 63.4 Å². The van der Waals surface area contributed by atoms with Crippen LogP contribution in [0.4, 0.5) is 13.2 Å². The van der Waals surface area contributed by atoms with E-state index in [0.29, 0.717) is 18.1 Å². The molecule has 1 aromatic rings. The summed E-state index contributed by atoms with van der Waals surface area (Å²) in [5.41, 5.74) is 0.362. The summed E-state index contributed by atoms with van der Waals surface area (Å²) in [6.07, 6.45) is 2.87. The third-order valence-corrected chi connectivity index (χ3v) is 6.40. The highest BCUT2D eigenvalue weighted by atomic mass is 32.2. The Bertz CT molecular complexity index is 818. The Hall–Kier alpha value is -2.09. The largest absolute Gasteiger partial charge is 0.498 e. The van der Waals surface area contributed by atoms with Gasteiger partial charge in [0.1, 0.15) is 5.75 Å². The van der Waals surface area contributed by atoms with Crippen molar-refractivity contribution in [1.29, 1.82) is 0 Å². The molecule has 1 aliphatic carbocycles. The number of unbranched alkanes of at least 4 members (excludes halogenated alkanes) is 2. The first-order valence-corrected chi connectivity index (χ1v) is 11.8. The van der Waals surface area contributed by atoms with Crippen molar-refractivity contribution in [3.63, 3.8) is 0 Å². The minimum atomic E-state index is -4.27. The second-order valence-electron chi connectivity index (χ2n) is 7.92. The van der Waals surface area contributed by atoms with E-state index in [0.717, 1.165) is 48.0 Å². The number of hydrogen-bond donors (Lipinski definition) is 1. The van der Waals surface area contributed by atoms with E-state index in [9.17, 15) is 18.0 Å². The molecular formula is C24H31F3O4S. The van der Waals surface area contributed by atoms with Gasteiger partial charge in [-0.3, -0.25) is 0 Å². The van der Waals surface area contributed by atoms with Gasteiger partial charge in [-0.05, 0) is 49.6 Å². The van der Waals surface area contributed by atoms with Gasteiger partial charge in [0.2, 0.25) is 0 Å². The number of ether oxygens (including phenoxy) is 2. The molecule has 178 valence electrons. The monoisotopic (exact) mass is 472 g/mol. The lowest BCUT2D eigenvalue weighted by atomic mass is 10.0. The molecule has 0 heterocycles. The van der Waals surface area contributed by atoms with Gasteiger partial charge in [-0.25, -0.2) is 4.79 Å². The van der Waals surface area contributed by atoms with Gasteiger partial charge < -0.3 is 14.6 Å². The lowest BCUT2D eigenvalue weighted by molar-refractivity contribution is -0.139. The van der Waals surface area contributed by atoms with Crippen LogP contribution >= 0.6 is 11.8 Å². The molecule has 0 radical (unpaired) electrons. The van der Waals surface area contributed by atoms with Crippen LogP contribution in [-0.2, 0) is 9.53 Å². The van der Waals surface area contributed by atoms with Gasteiger partial charge >= 0.3 is 12.1 Å². The van der Waals surface area contributed by atoms with E-state index < -0.39 is 17.7 Å². The molecule has 2 rings (SSSR count). The van der Waals surface area contributed by atoms with Crippen LogP contribution < -0.4 is 4.74 Å². The predicted molar refractivity (Wildman–Crippen MR) is 120 cm³/mol. The Balaban J connectivity index is 1.92. The number of aliphatic carboxylic acids is 1. The fourth-order valence-electron chi connectivity index (χ4n) is 3.32. The van der Waals surface area contributed by atoms with E-state index in [-0.39, 0.29) is 25.4 Å². The topological polar surface area (TPSA) is 55.8 Å². The molecule has 0 spiro atoms. The number of carbonyl (C=O) groups is 1. The molecular weight excluding hydrogens is 441 g/mol. The molecule has 1 aliphatic rings. The number of hydrogen-bond acceptors (Lipinski definition) is 4. The molecule has 0 amide bonds. The summed E-state index contributed by atoms with van der Waals surface area (Å²) in [5.74, 6) is 1.25. The van der Waals surface area contributed by atoms with Crippen LogP contribution in [0.2, 0.25) is 0 Å². The Morgan fingerprint density at radius 1 is 1.19 bits per heavy atom. The number of aryl methyl sites for hydroxylation is 1. The molecule has 0 saturated carbocycles. The lowest BCUT2D eigenvalue weighted by Gasteiger charge is -2.21. The summed E-state index contributed by atoms with van der Waals surface area (Å²) in [5, 5.41) is 8.75. The Kier molecular flexibility index (Phi) is 10.5. The molecule has 1 aromatic carbocycles. The standard InChI is InChI=1S/C24H31F3O4S/c1-3-4-5-6-18(14-30-20-9-7-19(8-10-20)24(25,26)27)16-32-21-11-12-22(17(2)13-21)31-15-23(28)29/h7,9,11-13,18H,3-6,8,10,14-16H2,1-2H3,(H,28,29). The maximum Gasteiger partial charge on any atom is 0.412 e. The highest BCUT2D eigenvalue weighted by molar-refractivity contribution is 7.99. The zero-order valence-corrected chi connectivity index (χ0v) is 19.4. The van der Waals surface area contributed by atoms with Gasteiger partial charge in [0.15, 0.2) is 6.61 Å². The van der Waals surface area contributed by atoms with Crippen LogP contribution in [0, 0.1) is 12.8 Å². The van der Waals surface area contributed by atoms with Crippen molar-refractivity contribution in [2.75, 3.05) is 19.0 Å². The summed E-state index contributed by atoms with van der Waals surface area (Å²) in [6, 6.07) is 5.66. The third-order valence-electron chi connectivity index (χ3n) is 5.18. The van der Waals surface area contributed by atoms with Crippen LogP contribution in [0.1, 0.15) is 51.0 Å². The van der Waals surface area contributed by atoms with E-state index in [1.54, 1.807) is 17.8 Å². The number of allylic oxidation sites excluding steroid dienone is 4. The number of alkyl halides is 3. The van der Waals surface area contributed by atoms with E-state index in [1.807, 2.05) is 19.1 Å². The zero-order chi connectivity index (χ0) is 23.6. The van der Waals surface area contributed by atoms with Crippen LogP contribution in [0.5, 0.6) is 5.75 Å². The molecule has 1 N–H and O–H groups in total. The Morgan fingerprint density at radius 2 is 1.97 bits per heavy atom. The van der Waals surface area contributed by atoms with Gasteiger partial charge in [-0.1, -0.05) is 32.3 Å². The quantitative estimate of drug-likeness (QED) is 0.249. The van der Waals surface area contributed by atoms with Crippen molar-refractivity contribution in [3.8, 4) is 5.75 Å². The maximum atomic E-state index is 12.8. The molecule has 8 heteroatoms. The van der Waals surface area contributed by atoms with Gasteiger partial charge in [-0.2, -0.15) is 13.2 Å². The summed E-state index contributed by atoms with van der Waals surface area (Å²) in [4.78, 5) is 11.7. The summed E-state index contributed by atoms with van der Waals surface area (Å²) in [6.45, 7) is 4.13. The van der Waals surface area contributed by atoms with Crippen molar-refractivity contribution in [1.82, 2.24) is 0 Å². The molecule has 0 bridgehead atoms. The summed E-state index contributed by atoms with van der Waals surface area (Å²) >= 11 is 1.69. The van der Waals surface area contributed by atoms with Crippen molar-refractivity contribution < 1.29 is 32.5 Å². The van der Waals surface area contributed by atoms with Crippen LogP contribution in [0.3, 0.4) is 0 Å². The van der Waals surface area contributed by atoms with E-state index in [1.165, 1.54) is 6.08 Å². The second kappa shape index (κ2) is 12.8. The predicted octanol–water partition coefficient (Wildman–Crippen LogP) is 6.93. The van der Waals surface area contributed by atoms with Crippen molar-refractivity contribution >= 4 is 17.7 Å². The van der Waals surface area contributed by atoms with E-state index in [2.05, 4.69) is 6.92 Å². The molecule has 4 nitrogen and oxygen atoms in total. The fraction of sp³-hybridized carbons (Fsp3) is 0.542.